The van der Waals surface area contributed by atoms with E-state index in [-0.39, 0.29) is 4.90 Å². The monoisotopic (exact) mass is 405 g/mol. The second-order valence-electron chi connectivity index (χ2n) is 6.77. The lowest BCUT2D eigenvalue weighted by atomic mass is 10.2. The third kappa shape index (κ3) is 3.67. The largest absolute Gasteiger partial charge is 0.489 e. The molecule has 3 aromatic carbocycles. The van der Waals surface area contributed by atoms with Crippen molar-refractivity contribution in [1.29, 1.82) is 0 Å². The number of hydrogen-bond donors (Lipinski definition) is 0. The third-order valence-corrected chi connectivity index (χ3v) is 6.41. The van der Waals surface area contributed by atoms with E-state index in [1.54, 1.807) is 42.5 Å². The van der Waals surface area contributed by atoms with Crippen LogP contribution in [-0.4, -0.2) is 18.7 Å². The fraction of sp³-hybridized carbons (Fsp3) is 0.0870. The van der Waals surface area contributed by atoms with E-state index in [1.165, 1.54) is 6.20 Å². The summed E-state index contributed by atoms with van der Waals surface area (Å²) in [6, 6.07) is 21.4. The van der Waals surface area contributed by atoms with Gasteiger partial charge in [0.1, 0.15) is 12.4 Å². The second kappa shape index (κ2) is 7.56. The first-order valence-electron chi connectivity index (χ1n) is 9.08. The normalized spacial score (nSPS) is 11.5. The molecule has 1 aromatic heterocycles. The highest BCUT2D eigenvalue weighted by atomic mass is 32.2. The van der Waals surface area contributed by atoms with Crippen LogP contribution in [0.5, 0.6) is 5.75 Å². The summed E-state index contributed by atoms with van der Waals surface area (Å²) in [4.78, 5) is 11.8. The number of carbonyl (C=O) groups excluding carboxylic acids is 1. The number of carbonyl (C=O) groups is 1. The zero-order valence-electron chi connectivity index (χ0n) is 15.8. The van der Waals surface area contributed by atoms with Gasteiger partial charge in [-0.2, -0.15) is 0 Å². The molecule has 0 spiro atoms. The summed E-state index contributed by atoms with van der Waals surface area (Å²) < 4.78 is 33.2. The lowest BCUT2D eigenvalue weighted by molar-refractivity contribution is 0.112. The van der Waals surface area contributed by atoms with E-state index >= 15 is 0 Å². The van der Waals surface area contributed by atoms with Crippen molar-refractivity contribution in [2.75, 3.05) is 0 Å². The molecule has 0 N–H and O–H groups in total. The van der Waals surface area contributed by atoms with Crippen molar-refractivity contribution in [3.05, 3.63) is 95.7 Å². The molecule has 0 saturated carbocycles. The van der Waals surface area contributed by atoms with Crippen LogP contribution in [0, 0.1) is 6.92 Å². The number of benzene rings is 3. The van der Waals surface area contributed by atoms with Crippen LogP contribution in [0.3, 0.4) is 0 Å². The van der Waals surface area contributed by atoms with Gasteiger partial charge < -0.3 is 4.74 Å². The maximum absolute atomic E-state index is 13.1. The van der Waals surface area contributed by atoms with Crippen molar-refractivity contribution < 1.29 is 17.9 Å². The van der Waals surface area contributed by atoms with Gasteiger partial charge in [-0.05, 0) is 42.8 Å². The van der Waals surface area contributed by atoms with Gasteiger partial charge >= 0.3 is 0 Å². The van der Waals surface area contributed by atoms with E-state index in [2.05, 4.69) is 0 Å². The number of rotatable bonds is 6. The first-order valence-corrected chi connectivity index (χ1v) is 10.5. The predicted molar refractivity (Wildman–Crippen MR) is 112 cm³/mol. The molecule has 6 heteroatoms. The summed E-state index contributed by atoms with van der Waals surface area (Å²) in [7, 11) is -3.82. The summed E-state index contributed by atoms with van der Waals surface area (Å²) >= 11 is 0. The minimum absolute atomic E-state index is 0.168. The Morgan fingerprint density at radius 3 is 2.38 bits per heavy atom. The zero-order chi connectivity index (χ0) is 20.4. The minimum Gasteiger partial charge on any atom is -0.489 e. The van der Waals surface area contributed by atoms with Gasteiger partial charge in [0.15, 0.2) is 6.29 Å². The molecule has 5 nitrogen and oxygen atoms in total. The van der Waals surface area contributed by atoms with Crippen LogP contribution >= 0.6 is 0 Å². The number of fused-ring (bicyclic) bond motifs is 1. The van der Waals surface area contributed by atoms with Gasteiger partial charge in [0.05, 0.1) is 10.4 Å². The molecule has 146 valence electrons. The van der Waals surface area contributed by atoms with Crippen LogP contribution in [-0.2, 0) is 16.6 Å². The number of nitrogens with zero attached hydrogens (tertiary/aromatic N) is 1. The summed E-state index contributed by atoms with van der Waals surface area (Å²) in [5.74, 6) is 0.565. The van der Waals surface area contributed by atoms with Crippen LogP contribution < -0.4 is 4.74 Å². The van der Waals surface area contributed by atoms with Crippen LogP contribution in [0.4, 0.5) is 0 Å². The van der Waals surface area contributed by atoms with Gasteiger partial charge in [-0.1, -0.05) is 48.0 Å². The summed E-state index contributed by atoms with van der Waals surface area (Å²) in [5, 5.41) is 0.529. The van der Waals surface area contributed by atoms with Crippen molar-refractivity contribution in [2.45, 2.75) is 18.4 Å². The molecule has 29 heavy (non-hydrogen) atoms. The number of ether oxygens (including phenoxy) is 1. The molecule has 0 aliphatic rings. The van der Waals surface area contributed by atoms with Crippen molar-refractivity contribution in [1.82, 2.24) is 3.97 Å². The highest BCUT2D eigenvalue weighted by Gasteiger charge is 2.21. The lowest BCUT2D eigenvalue weighted by Gasteiger charge is -2.09. The van der Waals surface area contributed by atoms with E-state index in [4.69, 9.17) is 4.74 Å². The van der Waals surface area contributed by atoms with Crippen LogP contribution in [0.2, 0.25) is 0 Å². The molecular weight excluding hydrogens is 386 g/mol. The minimum atomic E-state index is -3.82. The molecule has 4 aromatic rings. The molecule has 0 aliphatic carbocycles. The Kier molecular flexibility index (Phi) is 4.94. The van der Waals surface area contributed by atoms with Crippen molar-refractivity contribution in [3.63, 3.8) is 0 Å². The number of hydrogen-bond acceptors (Lipinski definition) is 4. The Bertz CT molecular complexity index is 1270. The average molecular weight is 405 g/mol. The molecule has 0 atom stereocenters. The van der Waals surface area contributed by atoms with Gasteiger partial charge in [-0.3, -0.25) is 4.79 Å². The Morgan fingerprint density at radius 2 is 1.69 bits per heavy atom. The number of aldehydes is 1. The molecule has 1 heterocycles. The summed E-state index contributed by atoms with van der Waals surface area (Å²) in [6.07, 6.45) is 2.01. The van der Waals surface area contributed by atoms with E-state index in [9.17, 15) is 13.2 Å². The van der Waals surface area contributed by atoms with E-state index in [0.29, 0.717) is 35.1 Å². The van der Waals surface area contributed by atoms with Crippen LogP contribution in [0.1, 0.15) is 21.5 Å². The zero-order valence-corrected chi connectivity index (χ0v) is 16.6. The molecule has 0 fully saturated rings. The fourth-order valence-corrected chi connectivity index (χ4v) is 4.53. The molecular formula is C23H19NO4S. The maximum atomic E-state index is 13.1. The molecule has 0 bridgehead atoms. The van der Waals surface area contributed by atoms with Crippen LogP contribution in [0.25, 0.3) is 10.9 Å². The van der Waals surface area contributed by atoms with Gasteiger partial charge in [0.25, 0.3) is 10.0 Å². The van der Waals surface area contributed by atoms with E-state index < -0.39 is 10.0 Å². The highest BCUT2D eigenvalue weighted by Crippen LogP contribution is 2.29. The quantitative estimate of drug-likeness (QED) is 0.441. The molecule has 0 radical (unpaired) electrons. The Labute approximate surface area is 169 Å². The van der Waals surface area contributed by atoms with Gasteiger partial charge in [-0.15, -0.1) is 0 Å². The molecule has 0 saturated heterocycles. The second-order valence-corrected chi connectivity index (χ2v) is 8.58. The fourth-order valence-electron chi connectivity index (χ4n) is 3.15. The predicted octanol–water partition coefficient (Wildman–Crippen LogP) is 4.58. The average Bonchev–Trinajstić information content (AvgIpc) is 3.12. The smallest absolute Gasteiger partial charge is 0.268 e. The summed E-state index contributed by atoms with van der Waals surface area (Å²) in [6.45, 7) is 2.27. The number of aryl methyl sites for hydroxylation is 1. The van der Waals surface area contributed by atoms with Crippen molar-refractivity contribution in [3.8, 4) is 5.75 Å². The molecule has 0 unspecified atom stereocenters. The van der Waals surface area contributed by atoms with Crippen molar-refractivity contribution >= 4 is 27.2 Å². The first kappa shape index (κ1) is 19.0. The van der Waals surface area contributed by atoms with E-state index in [0.717, 1.165) is 15.1 Å². The molecule has 0 amide bonds. The topological polar surface area (TPSA) is 65.4 Å². The Morgan fingerprint density at radius 1 is 0.966 bits per heavy atom. The highest BCUT2D eigenvalue weighted by molar-refractivity contribution is 7.90. The Balaban J connectivity index is 1.73. The Hall–Kier alpha value is -3.38. The standard InChI is InChI=1S/C23H19NO4S/c1-17-7-10-21(11-8-17)29(26,27)24-14-19(15-25)22-13-20(9-12-23(22)24)28-16-18-5-3-2-4-6-18/h2-15H,16H2,1H3. The molecule has 4 rings (SSSR count). The van der Waals surface area contributed by atoms with Gasteiger partial charge in [0.2, 0.25) is 0 Å². The maximum Gasteiger partial charge on any atom is 0.268 e. The van der Waals surface area contributed by atoms with Crippen LogP contribution in [0.15, 0.2) is 83.9 Å². The SMILES string of the molecule is Cc1ccc(S(=O)(=O)n2cc(C=O)c3cc(OCc4ccccc4)ccc32)cc1. The van der Waals surface area contributed by atoms with E-state index in [1.807, 2.05) is 37.3 Å². The molecule has 0 aliphatic heterocycles. The first-order chi connectivity index (χ1) is 14.0. The van der Waals surface area contributed by atoms with Gasteiger partial charge in [-0.25, -0.2) is 12.4 Å². The van der Waals surface area contributed by atoms with Gasteiger partial charge in [0, 0.05) is 17.1 Å². The van der Waals surface area contributed by atoms with Crippen molar-refractivity contribution in [2.24, 2.45) is 0 Å². The lowest BCUT2D eigenvalue weighted by Crippen LogP contribution is -2.11. The number of aromatic nitrogens is 1. The summed E-state index contributed by atoms with van der Waals surface area (Å²) in [5.41, 5.74) is 2.71. The third-order valence-electron chi connectivity index (χ3n) is 4.73.